The number of ether oxygens (including phenoxy) is 1. The van der Waals surface area contributed by atoms with Crippen molar-refractivity contribution in [3.05, 3.63) is 29.8 Å². The van der Waals surface area contributed by atoms with Crippen LogP contribution in [0.4, 0.5) is 0 Å². The highest BCUT2D eigenvalue weighted by molar-refractivity contribution is 7.89. The molecule has 4 aliphatic carbocycles. The summed E-state index contributed by atoms with van der Waals surface area (Å²) in [5.41, 5.74) is 1.31. The molecule has 1 N–H and O–H groups in total. The Hall–Kier alpha value is -1.44. The molecule has 5 aliphatic rings. The van der Waals surface area contributed by atoms with Gasteiger partial charge in [0.25, 0.3) is 0 Å². The summed E-state index contributed by atoms with van der Waals surface area (Å²) in [6.07, 6.45) is 9.17. The van der Waals surface area contributed by atoms with Crippen molar-refractivity contribution in [1.82, 2.24) is 9.62 Å². The molecule has 1 atom stereocenters. The highest BCUT2D eigenvalue weighted by Crippen LogP contribution is 2.61. The summed E-state index contributed by atoms with van der Waals surface area (Å²) < 4.78 is 32.2. The third kappa shape index (κ3) is 4.36. The SMILES string of the molecule is CC(NC(=O)CCc1ccc(S(=O)(=O)N2CCOCC2)cc1)C12CC3CC(CC(C3)C1)C2. The van der Waals surface area contributed by atoms with E-state index in [0.29, 0.717) is 49.5 Å². The summed E-state index contributed by atoms with van der Waals surface area (Å²) in [7, 11) is -3.47. The van der Waals surface area contributed by atoms with Gasteiger partial charge in [0.15, 0.2) is 0 Å². The van der Waals surface area contributed by atoms with Gasteiger partial charge in [-0.2, -0.15) is 4.31 Å². The van der Waals surface area contributed by atoms with Gasteiger partial charge in [-0.25, -0.2) is 8.42 Å². The summed E-state index contributed by atoms with van der Waals surface area (Å²) in [4.78, 5) is 13.0. The first-order chi connectivity index (χ1) is 15.3. The lowest BCUT2D eigenvalue weighted by molar-refractivity contribution is -0.125. The Balaban J connectivity index is 1.14. The number of morpholine rings is 1. The van der Waals surface area contributed by atoms with E-state index in [1.807, 2.05) is 12.1 Å². The highest BCUT2D eigenvalue weighted by Gasteiger charge is 2.53. The molecule has 0 aromatic heterocycles. The fraction of sp³-hybridized carbons (Fsp3) is 0.720. The van der Waals surface area contributed by atoms with Gasteiger partial charge in [0, 0.05) is 25.6 Å². The smallest absolute Gasteiger partial charge is 0.243 e. The van der Waals surface area contributed by atoms with E-state index in [0.717, 1.165) is 23.3 Å². The zero-order valence-corrected chi connectivity index (χ0v) is 19.9. The van der Waals surface area contributed by atoms with Crippen molar-refractivity contribution in [2.75, 3.05) is 26.3 Å². The Labute approximate surface area is 192 Å². The van der Waals surface area contributed by atoms with Gasteiger partial charge >= 0.3 is 0 Å². The van der Waals surface area contributed by atoms with Crippen LogP contribution in [0.2, 0.25) is 0 Å². The fourth-order valence-electron chi connectivity index (χ4n) is 7.20. The second-order valence-electron chi connectivity index (χ2n) is 10.7. The van der Waals surface area contributed by atoms with Gasteiger partial charge in [0.1, 0.15) is 0 Å². The number of carbonyl (C=O) groups excluding carboxylic acids is 1. The second-order valence-corrected chi connectivity index (χ2v) is 12.7. The van der Waals surface area contributed by atoms with Gasteiger partial charge < -0.3 is 10.1 Å². The largest absolute Gasteiger partial charge is 0.379 e. The molecule has 32 heavy (non-hydrogen) atoms. The molecule has 1 saturated heterocycles. The van der Waals surface area contributed by atoms with E-state index in [1.54, 1.807) is 12.1 Å². The molecule has 0 radical (unpaired) electrons. The van der Waals surface area contributed by atoms with Crippen LogP contribution in [0.1, 0.15) is 57.4 Å². The highest BCUT2D eigenvalue weighted by atomic mass is 32.2. The van der Waals surface area contributed by atoms with Crippen LogP contribution < -0.4 is 5.32 Å². The number of carbonyl (C=O) groups is 1. The van der Waals surface area contributed by atoms with Crippen LogP contribution in [0.25, 0.3) is 0 Å². The van der Waals surface area contributed by atoms with E-state index in [-0.39, 0.29) is 11.9 Å². The first kappa shape index (κ1) is 22.4. The van der Waals surface area contributed by atoms with E-state index in [1.165, 1.54) is 42.8 Å². The molecule has 6 rings (SSSR count). The first-order valence-electron chi connectivity index (χ1n) is 12.3. The Morgan fingerprint density at radius 3 is 2.19 bits per heavy atom. The fourth-order valence-corrected chi connectivity index (χ4v) is 8.60. The van der Waals surface area contributed by atoms with Gasteiger partial charge in [0.2, 0.25) is 15.9 Å². The summed E-state index contributed by atoms with van der Waals surface area (Å²) in [5.74, 6) is 2.76. The maximum atomic E-state index is 12.8. The lowest BCUT2D eigenvalue weighted by atomic mass is 9.48. The van der Waals surface area contributed by atoms with E-state index in [9.17, 15) is 13.2 Å². The minimum Gasteiger partial charge on any atom is -0.379 e. The molecule has 1 aromatic rings. The number of amides is 1. The molecule has 4 saturated carbocycles. The Morgan fingerprint density at radius 1 is 1.06 bits per heavy atom. The molecule has 1 amide bonds. The van der Waals surface area contributed by atoms with Crippen LogP contribution in [0.3, 0.4) is 0 Å². The van der Waals surface area contributed by atoms with Crippen molar-refractivity contribution in [1.29, 1.82) is 0 Å². The third-order valence-electron chi connectivity index (χ3n) is 8.55. The Bertz CT molecular complexity index is 902. The van der Waals surface area contributed by atoms with Crippen molar-refractivity contribution in [2.45, 2.75) is 69.2 Å². The van der Waals surface area contributed by atoms with Crippen molar-refractivity contribution in [3.8, 4) is 0 Å². The lowest BCUT2D eigenvalue weighted by Crippen LogP contribution is -2.55. The van der Waals surface area contributed by atoms with Crippen LogP contribution >= 0.6 is 0 Å². The number of nitrogens with one attached hydrogen (secondary N) is 1. The zero-order chi connectivity index (χ0) is 22.3. The molecule has 6 nitrogen and oxygen atoms in total. The van der Waals surface area contributed by atoms with Crippen LogP contribution in [0, 0.1) is 23.2 Å². The zero-order valence-electron chi connectivity index (χ0n) is 19.1. The van der Waals surface area contributed by atoms with Crippen LogP contribution in [0.15, 0.2) is 29.2 Å². The molecular weight excluding hydrogens is 424 g/mol. The van der Waals surface area contributed by atoms with E-state index < -0.39 is 10.0 Å². The average Bonchev–Trinajstić information content (AvgIpc) is 2.78. The van der Waals surface area contributed by atoms with Crippen molar-refractivity contribution in [3.63, 3.8) is 0 Å². The standard InChI is InChI=1S/C25H36N2O4S/c1-18(25-15-20-12-21(16-25)14-22(13-20)17-25)26-24(28)7-4-19-2-5-23(6-3-19)32(29,30)27-8-10-31-11-9-27/h2-3,5-6,18,20-22H,4,7-17H2,1H3,(H,26,28). The predicted octanol–water partition coefficient (Wildman–Crippen LogP) is 3.36. The minimum atomic E-state index is -3.47. The van der Waals surface area contributed by atoms with Gasteiger partial charge in [-0.1, -0.05) is 12.1 Å². The Kier molecular flexibility index (Phi) is 6.10. The number of sulfonamides is 1. The molecular formula is C25H36N2O4S. The lowest BCUT2D eigenvalue weighted by Gasteiger charge is -2.59. The van der Waals surface area contributed by atoms with Crippen molar-refractivity contribution < 1.29 is 17.9 Å². The number of benzene rings is 1. The van der Waals surface area contributed by atoms with Crippen molar-refractivity contribution >= 4 is 15.9 Å². The Morgan fingerprint density at radius 2 is 1.62 bits per heavy atom. The third-order valence-corrected chi connectivity index (χ3v) is 10.5. The minimum absolute atomic E-state index is 0.110. The summed E-state index contributed by atoms with van der Waals surface area (Å²) in [5, 5.41) is 3.33. The predicted molar refractivity (Wildman–Crippen MR) is 123 cm³/mol. The topological polar surface area (TPSA) is 75.7 Å². The normalized spacial score (nSPS) is 33.2. The molecule has 0 spiro atoms. The quantitative estimate of drug-likeness (QED) is 0.677. The summed E-state index contributed by atoms with van der Waals surface area (Å²) >= 11 is 0. The molecule has 1 unspecified atom stereocenters. The molecule has 5 fully saturated rings. The number of nitrogens with zero attached hydrogens (tertiary/aromatic N) is 1. The van der Waals surface area contributed by atoms with Crippen LogP contribution in [-0.4, -0.2) is 51.0 Å². The molecule has 4 bridgehead atoms. The number of rotatable bonds is 7. The first-order valence-corrected chi connectivity index (χ1v) is 13.7. The van der Waals surface area contributed by atoms with Gasteiger partial charge in [0.05, 0.1) is 18.1 Å². The van der Waals surface area contributed by atoms with Crippen LogP contribution in [-0.2, 0) is 26.0 Å². The van der Waals surface area contributed by atoms with E-state index in [4.69, 9.17) is 4.74 Å². The maximum absolute atomic E-state index is 12.8. The van der Waals surface area contributed by atoms with E-state index in [2.05, 4.69) is 12.2 Å². The molecule has 1 heterocycles. The molecule has 1 aromatic carbocycles. The van der Waals surface area contributed by atoms with E-state index >= 15 is 0 Å². The van der Waals surface area contributed by atoms with Gasteiger partial charge in [-0.3, -0.25) is 4.79 Å². The molecule has 7 heteroatoms. The second kappa shape index (κ2) is 8.73. The monoisotopic (exact) mass is 460 g/mol. The number of aryl methyl sites for hydroxylation is 1. The molecule has 176 valence electrons. The van der Waals surface area contributed by atoms with Gasteiger partial charge in [-0.15, -0.1) is 0 Å². The van der Waals surface area contributed by atoms with Gasteiger partial charge in [-0.05, 0) is 92.7 Å². The average molecular weight is 461 g/mol. The number of hydrogen-bond donors (Lipinski definition) is 1. The molecule has 1 aliphatic heterocycles. The van der Waals surface area contributed by atoms with Crippen LogP contribution in [0.5, 0.6) is 0 Å². The summed E-state index contributed by atoms with van der Waals surface area (Å²) in [6.45, 7) is 3.89. The summed E-state index contributed by atoms with van der Waals surface area (Å²) in [6, 6.07) is 7.24. The maximum Gasteiger partial charge on any atom is 0.243 e. The van der Waals surface area contributed by atoms with Crippen molar-refractivity contribution in [2.24, 2.45) is 23.2 Å². The number of hydrogen-bond acceptors (Lipinski definition) is 4.